The molecule has 0 spiro atoms. The highest BCUT2D eigenvalue weighted by atomic mass is 16.5. The summed E-state index contributed by atoms with van der Waals surface area (Å²) in [6, 6.07) is 0.180. The quantitative estimate of drug-likeness (QED) is 0.643. The average Bonchev–Trinajstić information content (AvgIpc) is 2.77. The van der Waals surface area contributed by atoms with Gasteiger partial charge in [0.05, 0.1) is 12.6 Å². The Balaban J connectivity index is 1.86. The third kappa shape index (κ3) is 1.02. The second-order valence-corrected chi connectivity index (χ2v) is 4.02. The lowest BCUT2D eigenvalue weighted by Gasteiger charge is -2.19. The number of ketones is 1. The van der Waals surface area contributed by atoms with Crippen LogP contribution in [0.3, 0.4) is 0 Å². The summed E-state index contributed by atoms with van der Waals surface area (Å²) in [5, 5.41) is 3.77. The Morgan fingerprint density at radius 1 is 1.57 bits per heavy atom. The van der Waals surface area contributed by atoms with Crippen molar-refractivity contribution in [3.05, 3.63) is 11.7 Å². The van der Waals surface area contributed by atoms with Crippen molar-refractivity contribution in [2.24, 2.45) is 5.92 Å². The van der Waals surface area contributed by atoms with Crippen molar-refractivity contribution >= 4 is 5.78 Å². The second kappa shape index (κ2) is 2.63. The third-order valence-corrected chi connectivity index (χ3v) is 3.05. The summed E-state index contributed by atoms with van der Waals surface area (Å²) in [5.41, 5.74) is 0. The Bertz CT molecular complexity index is 387. The summed E-state index contributed by atoms with van der Waals surface area (Å²) in [7, 11) is 0. The summed E-state index contributed by atoms with van der Waals surface area (Å²) in [6.07, 6.45) is 0.848. The van der Waals surface area contributed by atoms with Crippen LogP contribution in [0.15, 0.2) is 4.52 Å². The van der Waals surface area contributed by atoms with E-state index in [2.05, 4.69) is 15.0 Å². The average molecular weight is 193 g/mol. The van der Waals surface area contributed by atoms with Crippen LogP contribution in [0.5, 0.6) is 0 Å². The van der Waals surface area contributed by atoms with Crippen LogP contribution >= 0.6 is 0 Å². The molecule has 0 amide bonds. The van der Waals surface area contributed by atoms with Gasteiger partial charge in [-0.3, -0.25) is 9.69 Å². The van der Waals surface area contributed by atoms with E-state index in [9.17, 15) is 4.79 Å². The van der Waals surface area contributed by atoms with Crippen LogP contribution in [-0.2, 0) is 4.79 Å². The largest absolute Gasteiger partial charge is 0.338 e. The van der Waals surface area contributed by atoms with Crippen molar-refractivity contribution in [2.45, 2.75) is 19.4 Å². The number of Topliss-reactive ketones (excluding diaryl/α,β-unsaturated/α-hetero) is 1. The van der Waals surface area contributed by atoms with E-state index in [-0.39, 0.29) is 12.0 Å². The van der Waals surface area contributed by atoms with Gasteiger partial charge < -0.3 is 4.52 Å². The number of carbonyl (C=O) groups excluding carboxylic acids is 1. The predicted octanol–water partition coefficient (Wildman–Crippen LogP) is 0.324. The number of hydrogen-bond donors (Lipinski definition) is 0. The van der Waals surface area contributed by atoms with Crippen LogP contribution in [-0.4, -0.2) is 33.9 Å². The van der Waals surface area contributed by atoms with Gasteiger partial charge in [-0.05, 0) is 13.3 Å². The molecule has 0 N–H and O–H groups in total. The first-order valence-corrected chi connectivity index (χ1v) is 4.81. The minimum Gasteiger partial charge on any atom is -0.338 e. The van der Waals surface area contributed by atoms with Crippen LogP contribution < -0.4 is 0 Å². The van der Waals surface area contributed by atoms with E-state index >= 15 is 0 Å². The van der Waals surface area contributed by atoms with Crippen LogP contribution in [0, 0.1) is 12.8 Å². The Kier molecular flexibility index (Phi) is 1.53. The van der Waals surface area contributed by atoms with Crippen molar-refractivity contribution in [3.8, 4) is 0 Å². The highest BCUT2D eigenvalue weighted by Gasteiger charge is 2.45. The Morgan fingerprint density at radius 2 is 2.43 bits per heavy atom. The van der Waals surface area contributed by atoms with Gasteiger partial charge in [0.25, 0.3) is 0 Å². The third-order valence-electron chi connectivity index (χ3n) is 3.05. The molecule has 3 heterocycles. The summed E-state index contributed by atoms with van der Waals surface area (Å²) in [6.45, 7) is 3.22. The molecule has 3 rings (SSSR count). The molecule has 1 aromatic heterocycles. The van der Waals surface area contributed by atoms with Gasteiger partial charge in [0.1, 0.15) is 0 Å². The standard InChI is InChI=1S/C9H11N3O2/c1-5-10-9(14-11-5)7-2-6-3-12(7)4-8(6)13/h6-7H,2-4H2,1H3. The first-order chi connectivity index (χ1) is 6.74. The van der Waals surface area contributed by atoms with E-state index in [1.54, 1.807) is 6.92 Å². The fourth-order valence-electron chi connectivity index (χ4n) is 2.35. The molecule has 2 aliphatic heterocycles. The van der Waals surface area contributed by atoms with E-state index < -0.39 is 0 Å². The van der Waals surface area contributed by atoms with E-state index in [0.29, 0.717) is 24.0 Å². The number of hydrogen-bond acceptors (Lipinski definition) is 5. The molecule has 3 atom stereocenters. The van der Waals surface area contributed by atoms with Crippen molar-refractivity contribution in [3.63, 3.8) is 0 Å². The van der Waals surface area contributed by atoms with E-state index in [1.165, 1.54) is 0 Å². The normalized spacial score (nSPS) is 35.5. The van der Waals surface area contributed by atoms with Crippen LogP contribution in [0.2, 0.25) is 0 Å². The highest BCUT2D eigenvalue weighted by Crippen LogP contribution is 2.39. The van der Waals surface area contributed by atoms with E-state index in [0.717, 1.165) is 13.0 Å². The summed E-state index contributed by atoms with van der Waals surface area (Å²) in [5.74, 6) is 1.89. The smallest absolute Gasteiger partial charge is 0.244 e. The zero-order valence-electron chi connectivity index (χ0n) is 7.93. The molecule has 3 unspecified atom stereocenters. The number of aromatic nitrogens is 2. The molecular formula is C9H11N3O2. The molecule has 0 radical (unpaired) electrons. The second-order valence-electron chi connectivity index (χ2n) is 4.02. The maximum absolute atomic E-state index is 11.3. The number of aryl methyl sites for hydroxylation is 1. The monoisotopic (exact) mass is 193 g/mol. The van der Waals surface area contributed by atoms with Crippen molar-refractivity contribution < 1.29 is 9.32 Å². The summed E-state index contributed by atoms with van der Waals surface area (Å²) < 4.78 is 5.12. The van der Waals surface area contributed by atoms with Gasteiger partial charge in [-0.2, -0.15) is 4.98 Å². The van der Waals surface area contributed by atoms with Gasteiger partial charge in [-0.15, -0.1) is 0 Å². The van der Waals surface area contributed by atoms with Gasteiger partial charge in [0, 0.05) is 12.5 Å². The van der Waals surface area contributed by atoms with E-state index in [4.69, 9.17) is 4.52 Å². The molecule has 14 heavy (non-hydrogen) atoms. The number of nitrogens with zero attached hydrogens (tertiary/aromatic N) is 3. The minimum absolute atomic E-state index is 0.180. The first kappa shape index (κ1) is 8.11. The van der Waals surface area contributed by atoms with Gasteiger partial charge in [0.2, 0.25) is 5.89 Å². The molecular weight excluding hydrogens is 182 g/mol. The van der Waals surface area contributed by atoms with E-state index in [1.807, 2.05) is 0 Å². The Hall–Kier alpha value is -1.23. The fraction of sp³-hybridized carbons (Fsp3) is 0.667. The molecule has 0 saturated carbocycles. The molecule has 2 fully saturated rings. The lowest BCUT2D eigenvalue weighted by atomic mass is 9.99. The molecule has 74 valence electrons. The molecule has 2 aliphatic rings. The molecule has 5 heteroatoms. The van der Waals surface area contributed by atoms with Gasteiger partial charge >= 0.3 is 0 Å². The first-order valence-electron chi connectivity index (χ1n) is 4.81. The number of fused-ring (bicyclic) bond motifs is 2. The lowest BCUT2D eigenvalue weighted by Crippen LogP contribution is -2.27. The minimum atomic E-state index is 0.180. The number of piperidine rings is 1. The van der Waals surface area contributed by atoms with Crippen molar-refractivity contribution in [1.29, 1.82) is 0 Å². The summed E-state index contributed by atoms with van der Waals surface area (Å²) >= 11 is 0. The molecule has 5 nitrogen and oxygen atoms in total. The molecule has 0 aliphatic carbocycles. The zero-order chi connectivity index (χ0) is 9.71. The number of carbonyl (C=O) groups is 1. The fourth-order valence-corrected chi connectivity index (χ4v) is 2.35. The summed E-state index contributed by atoms with van der Waals surface area (Å²) in [4.78, 5) is 17.6. The topological polar surface area (TPSA) is 59.2 Å². The zero-order valence-corrected chi connectivity index (χ0v) is 7.93. The highest BCUT2D eigenvalue weighted by molar-refractivity contribution is 5.86. The van der Waals surface area contributed by atoms with Gasteiger partial charge in [0.15, 0.2) is 11.6 Å². The lowest BCUT2D eigenvalue weighted by molar-refractivity contribution is -0.121. The Morgan fingerprint density at radius 3 is 2.93 bits per heavy atom. The molecule has 2 saturated heterocycles. The SMILES string of the molecule is Cc1noc(C2CC3CN2CC3=O)n1. The maximum atomic E-state index is 11.3. The van der Waals surface area contributed by atoms with Crippen LogP contribution in [0.25, 0.3) is 0 Å². The Labute approximate surface area is 81.1 Å². The number of rotatable bonds is 1. The molecule has 1 aromatic rings. The maximum Gasteiger partial charge on any atom is 0.244 e. The van der Waals surface area contributed by atoms with Gasteiger partial charge in [-0.25, -0.2) is 0 Å². The molecule has 0 aromatic carbocycles. The van der Waals surface area contributed by atoms with Crippen LogP contribution in [0.1, 0.15) is 24.2 Å². The van der Waals surface area contributed by atoms with Crippen LogP contribution in [0.4, 0.5) is 0 Å². The van der Waals surface area contributed by atoms with Gasteiger partial charge in [-0.1, -0.05) is 5.16 Å². The molecule has 2 bridgehead atoms. The van der Waals surface area contributed by atoms with Crippen molar-refractivity contribution in [1.82, 2.24) is 15.0 Å². The van der Waals surface area contributed by atoms with Crippen molar-refractivity contribution in [2.75, 3.05) is 13.1 Å². The predicted molar refractivity (Wildman–Crippen MR) is 46.5 cm³/mol.